The molecule has 8 nitrogen and oxygen atoms in total. The molecular weight excluding hydrogens is 434 g/mol. The fourth-order valence-corrected chi connectivity index (χ4v) is 4.02. The fraction of sp³-hybridized carbons (Fsp3) is 0.500. The summed E-state index contributed by atoms with van der Waals surface area (Å²) >= 11 is 0. The number of ether oxygens (including phenoxy) is 1. The van der Waals surface area contributed by atoms with Crippen LogP contribution in [0.4, 0.5) is 29.3 Å². The van der Waals surface area contributed by atoms with Crippen molar-refractivity contribution in [3.05, 3.63) is 46.3 Å². The topological polar surface area (TPSA) is 80.6 Å². The molecule has 0 aromatic carbocycles. The van der Waals surface area contributed by atoms with Gasteiger partial charge in [-0.1, -0.05) is 0 Å². The van der Waals surface area contributed by atoms with Crippen LogP contribution in [0.5, 0.6) is 0 Å². The average molecular weight is 455 g/mol. The molecule has 0 saturated carbocycles. The number of aromatic nitrogens is 3. The summed E-state index contributed by atoms with van der Waals surface area (Å²) in [6.07, 6.45) is -4.01. The number of hydrogen-bond acceptors (Lipinski definition) is 7. The number of alkyl halides is 3. The lowest BCUT2D eigenvalue weighted by Crippen LogP contribution is -2.54. The van der Waals surface area contributed by atoms with Crippen LogP contribution in [-0.2, 0) is 11.3 Å². The molecule has 0 N–H and O–H groups in total. The minimum absolute atomic E-state index is 0.115. The minimum atomic E-state index is -4.66. The number of carbonyl (C=O) groups is 1. The Morgan fingerprint density at radius 3 is 2.75 bits per heavy atom. The van der Waals surface area contributed by atoms with Gasteiger partial charge in [-0.15, -0.1) is 0 Å². The molecule has 0 bridgehead atoms. The van der Waals surface area contributed by atoms with Gasteiger partial charge < -0.3 is 14.5 Å². The van der Waals surface area contributed by atoms with Gasteiger partial charge in [0.2, 0.25) is 11.9 Å². The Morgan fingerprint density at radius 1 is 1.28 bits per heavy atom. The van der Waals surface area contributed by atoms with Crippen molar-refractivity contribution in [3.8, 4) is 0 Å². The van der Waals surface area contributed by atoms with Crippen LogP contribution in [0, 0.1) is 5.95 Å². The van der Waals surface area contributed by atoms with E-state index in [0.29, 0.717) is 19.8 Å². The average Bonchev–Trinajstić information content (AvgIpc) is 2.73. The van der Waals surface area contributed by atoms with Gasteiger partial charge in [0.1, 0.15) is 11.9 Å². The third-order valence-corrected chi connectivity index (χ3v) is 5.64. The standard InChI is InChI=1S/C20H21F4N5O3/c1-12-11-32-7-6-27(12)17-9-18(31)28-5-3-15(20(22,23)24)29(19(28)26-17)10-14(30)13-2-4-25-16(21)8-13/h2,4,8-9,12,15H,3,5-7,10-11H2,1H3. The molecule has 2 aliphatic heterocycles. The summed E-state index contributed by atoms with van der Waals surface area (Å²) in [6, 6.07) is 1.24. The van der Waals surface area contributed by atoms with Crippen LogP contribution < -0.4 is 15.4 Å². The molecule has 2 aromatic rings. The van der Waals surface area contributed by atoms with Crippen molar-refractivity contribution >= 4 is 17.5 Å². The Kier molecular flexibility index (Phi) is 5.89. The summed E-state index contributed by atoms with van der Waals surface area (Å²) < 4.78 is 61.5. The van der Waals surface area contributed by atoms with Gasteiger partial charge in [-0.25, -0.2) is 4.98 Å². The van der Waals surface area contributed by atoms with Crippen molar-refractivity contribution in [3.63, 3.8) is 0 Å². The molecule has 2 unspecified atom stereocenters. The zero-order chi connectivity index (χ0) is 23.0. The van der Waals surface area contributed by atoms with E-state index in [0.717, 1.165) is 21.7 Å². The second kappa shape index (κ2) is 8.49. The highest BCUT2D eigenvalue weighted by molar-refractivity contribution is 5.99. The van der Waals surface area contributed by atoms with E-state index >= 15 is 0 Å². The number of fused-ring (bicyclic) bond motifs is 1. The molecule has 1 saturated heterocycles. The van der Waals surface area contributed by atoms with Crippen molar-refractivity contribution in [2.75, 3.05) is 36.1 Å². The minimum Gasteiger partial charge on any atom is -0.377 e. The SMILES string of the molecule is CC1COCCN1c1cc(=O)n2c(n1)N(CC(=O)c1ccnc(F)c1)C(C(F)(F)F)CC2. The Morgan fingerprint density at radius 2 is 2.06 bits per heavy atom. The zero-order valence-electron chi connectivity index (χ0n) is 17.2. The molecule has 32 heavy (non-hydrogen) atoms. The highest BCUT2D eigenvalue weighted by Crippen LogP contribution is 2.34. The van der Waals surface area contributed by atoms with Crippen molar-refractivity contribution in [1.29, 1.82) is 0 Å². The molecule has 0 aliphatic carbocycles. The second-order valence-electron chi connectivity index (χ2n) is 7.79. The number of carbonyl (C=O) groups excluding carboxylic acids is 1. The molecule has 4 rings (SSSR count). The first-order chi connectivity index (χ1) is 15.1. The van der Waals surface area contributed by atoms with E-state index in [2.05, 4.69) is 9.97 Å². The van der Waals surface area contributed by atoms with Crippen LogP contribution >= 0.6 is 0 Å². The molecule has 12 heteroatoms. The van der Waals surface area contributed by atoms with Crippen molar-refractivity contribution < 1.29 is 27.1 Å². The number of hydrogen-bond donors (Lipinski definition) is 0. The molecule has 2 aliphatic rings. The van der Waals surface area contributed by atoms with Gasteiger partial charge in [-0.3, -0.25) is 14.2 Å². The molecule has 4 heterocycles. The second-order valence-corrected chi connectivity index (χ2v) is 7.79. The monoisotopic (exact) mass is 455 g/mol. The first-order valence-corrected chi connectivity index (χ1v) is 10.1. The smallest absolute Gasteiger partial charge is 0.377 e. The molecule has 0 amide bonds. The largest absolute Gasteiger partial charge is 0.408 e. The lowest BCUT2D eigenvalue weighted by molar-refractivity contribution is -0.152. The molecule has 1 fully saturated rings. The van der Waals surface area contributed by atoms with Gasteiger partial charge in [-0.2, -0.15) is 22.5 Å². The summed E-state index contributed by atoms with van der Waals surface area (Å²) in [4.78, 5) is 35.8. The van der Waals surface area contributed by atoms with E-state index in [9.17, 15) is 27.2 Å². The van der Waals surface area contributed by atoms with Crippen LogP contribution in [0.25, 0.3) is 0 Å². The molecule has 2 aromatic heterocycles. The Hall–Kier alpha value is -3.02. The van der Waals surface area contributed by atoms with Crippen LogP contribution in [0.1, 0.15) is 23.7 Å². The van der Waals surface area contributed by atoms with Gasteiger partial charge in [0, 0.05) is 37.0 Å². The van der Waals surface area contributed by atoms with Crippen LogP contribution in [-0.4, -0.2) is 64.9 Å². The lowest BCUT2D eigenvalue weighted by Gasteiger charge is -2.40. The van der Waals surface area contributed by atoms with E-state index in [1.54, 1.807) is 4.90 Å². The number of pyridine rings is 1. The lowest BCUT2D eigenvalue weighted by atomic mass is 10.1. The van der Waals surface area contributed by atoms with E-state index < -0.39 is 42.5 Å². The summed E-state index contributed by atoms with van der Waals surface area (Å²) in [5, 5.41) is 0. The Balaban J connectivity index is 1.76. The van der Waals surface area contributed by atoms with Gasteiger partial charge in [-0.05, 0) is 19.4 Å². The summed E-state index contributed by atoms with van der Waals surface area (Å²) in [5.41, 5.74) is -0.618. The van der Waals surface area contributed by atoms with Gasteiger partial charge in [0.25, 0.3) is 5.56 Å². The third kappa shape index (κ3) is 4.31. The quantitative estimate of drug-likeness (QED) is 0.397. The van der Waals surface area contributed by atoms with Crippen LogP contribution in [0.2, 0.25) is 0 Å². The molecule has 2 atom stereocenters. The Labute approximate surface area is 180 Å². The maximum Gasteiger partial charge on any atom is 0.408 e. The fourth-order valence-electron chi connectivity index (χ4n) is 4.02. The summed E-state index contributed by atoms with van der Waals surface area (Å²) in [7, 11) is 0. The van der Waals surface area contributed by atoms with E-state index in [1.807, 2.05) is 6.92 Å². The predicted molar refractivity (Wildman–Crippen MR) is 106 cm³/mol. The number of anilines is 2. The highest BCUT2D eigenvalue weighted by atomic mass is 19.4. The normalized spacial score (nSPS) is 21.4. The van der Waals surface area contributed by atoms with E-state index in [4.69, 9.17) is 4.74 Å². The number of nitrogens with zero attached hydrogens (tertiary/aromatic N) is 5. The van der Waals surface area contributed by atoms with Crippen molar-refractivity contribution in [2.45, 2.75) is 38.1 Å². The van der Waals surface area contributed by atoms with Crippen LogP contribution in [0.15, 0.2) is 29.2 Å². The van der Waals surface area contributed by atoms with E-state index in [-0.39, 0.29) is 29.9 Å². The maximum absolute atomic E-state index is 13.9. The molecule has 0 spiro atoms. The molecule has 0 radical (unpaired) electrons. The van der Waals surface area contributed by atoms with Crippen molar-refractivity contribution in [2.24, 2.45) is 0 Å². The van der Waals surface area contributed by atoms with Crippen molar-refractivity contribution in [1.82, 2.24) is 14.5 Å². The number of morpholine rings is 1. The summed E-state index contributed by atoms with van der Waals surface area (Å²) in [6.45, 7) is 2.16. The molecule has 172 valence electrons. The first-order valence-electron chi connectivity index (χ1n) is 10.1. The Bertz CT molecular complexity index is 1070. The number of ketones is 1. The van der Waals surface area contributed by atoms with Crippen LogP contribution in [0.3, 0.4) is 0 Å². The van der Waals surface area contributed by atoms with E-state index in [1.165, 1.54) is 12.1 Å². The summed E-state index contributed by atoms with van der Waals surface area (Å²) in [5.74, 6) is -1.66. The maximum atomic E-state index is 13.9. The number of Topliss-reactive ketones (excluding diaryl/α,β-unsaturated/α-hetero) is 1. The van der Waals surface area contributed by atoms with Gasteiger partial charge >= 0.3 is 6.18 Å². The first kappa shape index (κ1) is 22.2. The van der Waals surface area contributed by atoms with Gasteiger partial charge in [0.15, 0.2) is 5.78 Å². The zero-order valence-corrected chi connectivity index (χ0v) is 17.2. The predicted octanol–water partition coefficient (Wildman–Crippen LogP) is 2.03. The molecular formula is C20H21F4N5O3. The number of rotatable bonds is 4. The number of halogens is 4. The highest BCUT2D eigenvalue weighted by Gasteiger charge is 2.47. The van der Waals surface area contributed by atoms with Gasteiger partial charge in [0.05, 0.1) is 25.8 Å². The third-order valence-electron chi connectivity index (χ3n) is 5.64.